The molecule has 2 amide bonds. The molecular weight excluding hydrogens is 370 g/mol. The zero-order chi connectivity index (χ0) is 18.7. The van der Waals surface area contributed by atoms with E-state index in [0.717, 1.165) is 5.56 Å². The average molecular weight is 388 g/mol. The topological polar surface area (TPSA) is 61.8 Å². The van der Waals surface area contributed by atoms with E-state index < -0.39 is 5.25 Å². The van der Waals surface area contributed by atoms with Gasteiger partial charge in [0.15, 0.2) is 5.17 Å². The molecule has 1 unspecified atom stereocenters. The first kappa shape index (κ1) is 18.5. The largest absolute Gasteiger partial charge is 0.325 e. The number of nitrogens with zero attached hydrogens (tertiary/aromatic N) is 2. The van der Waals surface area contributed by atoms with Crippen LogP contribution in [0.5, 0.6) is 0 Å². The smallest absolute Gasteiger partial charge is 0.238 e. The minimum absolute atomic E-state index is 0.132. The summed E-state index contributed by atoms with van der Waals surface area (Å²) < 4.78 is 0. The monoisotopic (exact) mass is 387 g/mol. The van der Waals surface area contributed by atoms with Gasteiger partial charge in [0.2, 0.25) is 11.8 Å². The highest BCUT2D eigenvalue weighted by atomic mass is 35.5. The van der Waals surface area contributed by atoms with Crippen molar-refractivity contribution in [2.45, 2.75) is 18.6 Å². The molecule has 1 aliphatic rings. The van der Waals surface area contributed by atoms with Crippen LogP contribution in [0.15, 0.2) is 53.5 Å². The van der Waals surface area contributed by atoms with Gasteiger partial charge in [-0.3, -0.25) is 14.5 Å². The number of rotatable bonds is 3. The molecule has 1 heterocycles. The summed E-state index contributed by atoms with van der Waals surface area (Å²) in [6, 6.07) is 14.6. The van der Waals surface area contributed by atoms with E-state index in [-0.39, 0.29) is 18.2 Å². The van der Waals surface area contributed by atoms with Crippen LogP contribution in [0.4, 0.5) is 11.4 Å². The zero-order valence-corrected chi connectivity index (χ0v) is 16.0. The second-order valence-corrected chi connectivity index (χ2v) is 7.52. The lowest BCUT2D eigenvalue weighted by Crippen LogP contribution is -2.43. The predicted molar refractivity (Wildman–Crippen MR) is 107 cm³/mol. The summed E-state index contributed by atoms with van der Waals surface area (Å²) in [7, 11) is 1.66. The van der Waals surface area contributed by atoms with E-state index in [1.165, 1.54) is 16.7 Å². The van der Waals surface area contributed by atoms with Gasteiger partial charge in [-0.1, -0.05) is 47.6 Å². The Morgan fingerprint density at radius 2 is 2.00 bits per heavy atom. The minimum atomic E-state index is -0.529. The van der Waals surface area contributed by atoms with E-state index >= 15 is 0 Å². The van der Waals surface area contributed by atoms with Crippen molar-refractivity contribution in [3.05, 3.63) is 59.1 Å². The molecule has 1 aliphatic heterocycles. The number of carbonyl (C=O) groups is 2. The van der Waals surface area contributed by atoms with E-state index in [4.69, 9.17) is 11.6 Å². The maximum atomic E-state index is 12.5. The molecule has 0 aromatic heterocycles. The number of amides is 2. The Morgan fingerprint density at radius 3 is 2.69 bits per heavy atom. The second kappa shape index (κ2) is 7.93. The number of aryl methyl sites for hydroxylation is 1. The van der Waals surface area contributed by atoms with Crippen molar-refractivity contribution in [1.82, 2.24) is 4.90 Å². The van der Waals surface area contributed by atoms with Crippen LogP contribution in [-0.2, 0) is 9.59 Å². The highest BCUT2D eigenvalue weighted by molar-refractivity contribution is 8.15. The number of hydrogen-bond acceptors (Lipinski definition) is 4. The summed E-state index contributed by atoms with van der Waals surface area (Å²) in [5, 5.41) is 3.40. The summed E-state index contributed by atoms with van der Waals surface area (Å²) in [5.41, 5.74) is 2.30. The Bertz CT molecular complexity index is 870. The van der Waals surface area contributed by atoms with Gasteiger partial charge in [0.1, 0.15) is 5.25 Å². The average Bonchev–Trinajstić information content (AvgIpc) is 2.62. The van der Waals surface area contributed by atoms with Crippen molar-refractivity contribution in [3.63, 3.8) is 0 Å². The molecule has 1 fully saturated rings. The summed E-state index contributed by atoms with van der Waals surface area (Å²) in [5.74, 6) is -0.355. The standard InChI is InChI=1S/C19H18ClN3O2S/c1-12-8-9-14(10-15(12)20)22-19-23(2)17(24)11-16(26-19)18(25)21-13-6-4-3-5-7-13/h3-10,16H,11H2,1-2H3,(H,21,25). The van der Waals surface area contributed by atoms with Gasteiger partial charge in [0.25, 0.3) is 0 Å². The highest BCUT2D eigenvalue weighted by Crippen LogP contribution is 2.30. The van der Waals surface area contributed by atoms with Gasteiger partial charge in [-0.2, -0.15) is 0 Å². The number of benzene rings is 2. The lowest BCUT2D eigenvalue weighted by Gasteiger charge is -2.28. The lowest BCUT2D eigenvalue weighted by atomic mass is 10.2. The first-order valence-corrected chi connectivity index (χ1v) is 9.34. The Hall–Kier alpha value is -2.31. The third-order valence-corrected chi connectivity index (χ3v) is 5.63. The van der Waals surface area contributed by atoms with Gasteiger partial charge < -0.3 is 5.32 Å². The van der Waals surface area contributed by atoms with Crippen LogP contribution in [0.25, 0.3) is 0 Å². The van der Waals surface area contributed by atoms with Gasteiger partial charge in [-0.15, -0.1) is 0 Å². The molecule has 3 rings (SSSR count). The fourth-order valence-corrected chi connectivity index (χ4v) is 3.64. The van der Waals surface area contributed by atoms with Gasteiger partial charge in [-0.05, 0) is 36.8 Å². The Kier molecular flexibility index (Phi) is 5.64. The molecule has 1 atom stereocenters. The van der Waals surface area contributed by atoms with Crippen molar-refractivity contribution in [2.24, 2.45) is 4.99 Å². The van der Waals surface area contributed by atoms with Crippen LogP contribution in [0.2, 0.25) is 5.02 Å². The fraction of sp³-hybridized carbons (Fsp3) is 0.211. The third kappa shape index (κ3) is 4.26. The fourth-order valence-electron chi connectivity index (χ4n) is 2.40. The SMILES string of the molecule is Cc1ccc(N=C2SC(C(=O)Nc3ccccc3)CC(=O)N2C)cc1Cl. The van der Waals surface area contributed by atoms with Crippen molar-refractivity contribution in [2.75, 3.05) is 12.4 Å². The number of aliphatic imine (C=N–C) groups is 1. The van der Waals surface area contributed by atoms with Crippen LogP contribution < -0.4 is 5.32 Å². The van der Waals surface area contributed by atoms with E-state index in [0.29, 0.717) is 21.6 Å². The molecule has 26 heavy (non-hydrogen) atoms. The molecule has 1 saturated heterocycles. The highest BCUT2D eigenvalue weighted by Gasteiger charge is 2.34. The minimum Gasteiger partial charge on any atom is -0.325 e. The van der Waals surface area contributed by atoms with Gasteiger partial charge >= 0.3 is 0 Å². The van der Waals surface area contributed by atoms with Crippen LogP contribution in [-0.4, -0.2) is 34.2 Å². The molecular formula is C19H18ClN3O2S. The van der Waals surface area contributed by atoms with E-state index in [2.05, 4.69) is 10.3 Å². The van der Waals surface area contributed by atoms with Crippen LogP contribution in [0, 0.1) is 6.92 Å². The molecule has 7 heteroatoms. The molecule has 5 nitrogen and oxygen atoms in total. The molecule has 0 radical (unpaired) electrons. The second-order valence-electron chi connectivity index (χ2n) is 5.95. The first-order valence-electron chi connectivity index (χ1n) is 8.08. The molecule has 1 N–H and O–H groups in total. The number of hydrogen-bond donors (Lipinski definition) is 1. The Labute approximate surface area is 161 Å². The van der Waals surface area contributed by atoms with Crippen LogP contribution >= 0.6 is 23.4 Å². The number of carbonyl (C=O) groups excluding carboxylic acids is 2. The number of para-hydroxylation sites is 1. The van der Waals surface area contributed by atoms with E-state index in [1.807, 2.05) is 49.4 Å². The van der Waals surface area contributed by atoms with Crippen LogP contribution in [0.3, 0.4) is 0 Å². The van der Waals surface area contributed by atoms with Gasteiger partial charge in [-0.25, -0.2) is 4.99 Å². The zero-order valence-electron chi connectivity index (χ0n) is 14.4. The van der Waals surface area contributed by atoms with Crippen molar-refractivity contribution in [3.8, 4) is 0 Å². The number of thioether (sulfide) groups is 1. The van der Waals surface area contributed by atoms with Gasteiger partial charge in [0.05, 0.1) is 5.69 Å². The maximum absolute atomic E-state index is 12.5. The predicted octanol–water partition coefficient (Wildman–Crippen LogP) is 4.24. The molecule has 134 valence electrons. The van der Waals surface area contributed by atoms with Crippen molar-refractivity contribution < 1.29 is 9.59 Å². The number of nitrogens with one attached hydrogen (secondary N) is 1. The molecule has 0 saturated carbocycles. The van der Waals surface area contributed by atoms with E-state index in [1.54, 1.807) is 13.1 Å². The quantitative estimate of drug-likeness (QED) is 0.856. The van der Waals surface area contributed by atoms with E-state index in [9.17, 15) is 9.59 Å². The van der Waals surface area contributed by atoms with Crippen LogP contribution in [0.1, 0.15) is 12.0 Å². The summed E-state index contributed by atoms with van der Waals surface area (Å²) in [6.07, 6.45) is 0.132. The molecule has 0 spiro atoms. The third-order valence-electron chi connectivity index (χ3n) is 3.98. The number of anilines is 1. The first-order chi connectivity index (χ1) is 12.4. The number of amidine groups is 1. The maximum Gasteiger partial charge on any atom is 0.238 e. The molecule has 0 aliphatic carbocycles. The van der Waals surface area contributed by atoms with Gasteiger partial charge in [0, 0.05) is 24.2 Å². The number of halogens is 1. The Balaban J connectivity index is 1.80. The molecule has 2 aromatic rings. The summed E-state index contributed by atoms with van der Waals surface area (Å²) in [4.78, 5) is 30.8. The molecule has 2 aromatic carbocycles. The lowest BCUT2D eigenvalue weighted by molar-refractivity contribution is -0.128. The summed E-state index contributed by atoms with van der Waals surface area (Å²) >= 11 is 7.42. The van der Waals surface area contributed by atoms with Crippen molar-refractivity contribution >= 4 is 51.7 Å². The Morgan fingerprint density at radius 1 is 1.27 bits per heavy atom. The normalized spacial score (nSPS) is 18.9. The van der Waals surface area contributed by atoms with Crippen molar-refractivity contribution in [1.29, 1.82) is 0 Å². The molecule has 0 bridgehead atoms. The summed E-state index contributed by atoms with van der Waals surface area (Å²) in [6.45, 7) is 1.91.